The molecular formula is C11H13BrF2N2O. The first-order valence-electron chi connectivity index (χ1n) is 5.10. The molecule has 0 bridgehead atoms. The molecule has 94 valence electrons. The molecule has 0 aliphatic carbocycles. The van der Waals surface area contributed by atoms with Crippen LogP contribution in [-0.4, -0.2) is 19.0 Å². The first kappa shape index (κ1) is 14.1. The minimum absolute atomic E-state index is 0.0119. The van der Waals surface area contributed by atoms with Crippen molar-refractivity contribution in [3.05, 3.63) is 33.8 Å². The van der Waals surface area contributed by atoms with Gasteiger partial charge < -0.3 is 10.6 Å². The van der Waals surface area contributed by atoms with Gasteiger partial charge in [-0.1, -0.05) is 0 Å². The first-order chi connectivity index (χ1) is 8.02. The molecule has 17 heavy (non-hydrogen) atoms. The van der Waals surface area contributed by atoms with Gasteiger partial charge in [0.2, 0.25) is 5.91 Å². The molecule has 0 heterocycles. The Hall–Kier alpha value is -1.01. The third-order valence-corrected chi connectivity index (χ3v) is 2.73. The monoisotopic (exact) mass is 306 g/mol. The molecule has 0 aliphatic heterocycles. The van der Waals surface area contributed by atoms with Crippen LogP contribution >= 0.6 is 15.9 Å². The number of nitrogens with one attached hydrogen (secondary N) is 2. The van der Waals surface area contributed by atoms with Crippen LogP contribution in [0, 0.1) is 11.6 Å². The Morgan fingerprint density at radius 2 is 2.06 bits per heavy atom. The molecule has 3 nitrogen and oxygen atoms in total. The van der Waals surface area contributed by atoms with E-state index < -0.39 is 11.6 Å². The van der Waals surface area contributed by atoms with Crippen molar-refractivity contribution in [2.75, 3.05) is 13.1 Å². The highest BCUT2D eigenvalue weighted by Gasteiger charge is 2.11. The Labute approximate surface area is 107 Å². The second kappa shape index (κ2) is 6.66. The Kier molecular flexibility index (Phi) is 5.50. The summed E-state index contributed by atoms with van der Waals surface area (Å²) < 4.78 is 27.0. The number of carbonyl (C=O) groups excluding carboxylic acids is 1. The lowest BCUT2D eigenvalue weighted by atomic mass is 10.2. The average molecular weight is 307 g/mol. The lowest BCUT2D eigenvalue weighted by Crippen LogP contribution is -2.30. The Morgan fingerprint density at radius 1 is 1.35 bits per heavy atom. The quantitative estimate of drug-likeness (QED) is 0.645. The van der Waals surface area contributed by atoms with Crippen LogP contribution in [0.2, 0.25) is 0 Å². The molecule has 0 atom stereocenters. The lowest BCUT2D eigenvalue weighted by Gasteiger charge is -2.08. The summed E-state index contributed by atoms with van der Waals surface area (Å²) in [5, 5.41) is 5.42. The highest BCUT2D eigenvalue weighted by atomic mass is 79.9. The number of carbonyl (C=O) groups is 1. The molecule has 0 aliphatic rings. The molecule has 1 aromatic rings. The fourth-order valence-corrected chi connectivity index (χ4v) is 1.64. The summed E-state index contributed by atoms with van der Waals surface area (Å²) in [6, 6.07) is 2.53. The smallest absolute Gasteiger partial charge is 0.216 e. The summed E-state index contributed by atoms with van der Waals surface area (Å²) >= 11 is 3.00. The zero-order valence-corrected chi connectivity index (χ0v) is 10.9. The molecule has 1 rings (SSSR count). The van der Waals surface area contributed by atoms with E-state index >= 15 is 0 Å². The molecule has 6 heteroatoms. The number of amides is 1. The van der Waals surface area contributed by atoms with Gasteiger partial charge in [0.1, 0.15) is 11.6 Å². The van der Waals surface area contributed by atoms with Crippen molar-refractivity contribution in [1.82, 2.24) is 10.6 Å². The fraction of sp³-hybridized carbons (Fsp3) is 0.364. The molecule has 2 N–H and O–H groups in total. The van der Waals surface area contributed by atoms with Gasteiger partial charge >= 0.3 is 0 Å². The van der Waals surface area contributed by atoms with Gasteiger partial charge in [-0.25, -0.2) is 8.78 Å². The fourth-order valence-electron chi connectivity index (χ4n) is 1.27. The molecule has 0 saturated heterocycles. The lowest BCUT2D eigenvalue weighted by molar-refractivity contribution is -0.118. The standard InChI is InChI=1S/C11H13BrF2N2O/c1-7(17)16-5-4-15-6-8-10(13)3-2-9(12)11(8)14/h2-3,15H,4-6H2,1H3,(H,16,17). The SMILES string of the molecule is CC(=O)NCCNCc1c(F)ccc(Br)c1F. The van der Waals surface area contributed by atoms with Crippen LogP contribution in [0.25, 0.3) is 0 Å². The minimum Gasteiger partial charge on any atom is -0.355 e. The van der Waals surface area contributed by atoms with E-state index in [2.05, 4.69) is 26.6 Å². The molecule has 0 fully saturated rings. The van der Waals surface area contributed by atoms with Crippen molar-refractivity contribution in [2.24, 2.45) is 0 Å². The summed E-state index contributed by atoms with van der Waals surface area (Å²) in [6.45, 7) is 2.36. The van der Waals surface area contributed by atoms with Gasteiger partial charge in [0.05, 0.1) is 4.47 Å². The Morgan fingerprint density at radius 3 is 2.71 bits per heavy atom. The van der Waals surface area contributed by atoms with Crippen LogP contribution < -0.4 is 10.6 Å². The average Bonchev–Trinajstić information content (AvgIpc) is 2.27. The highest BCUT2D eigenvalue weighted by Crippen LogP contribution is 2.21. The number of benzene rings is 1. The highest BCUT2D eigenvalue weighted by molar-refractivity contribution is 9.10. The van der Waals surface area contributed by atoms with E-state index in [4.69, 9.17) is 0 Å². The van der Waals surface area contributed by atoms with Gasteiger partial charge in [-0.15, -0.1) is 0 Å². The molecule has 0 aromatic heterocycles. The zero-order chi connectivity index (χ0) is 12.8. The van der Waals surface area contributed by atoms with Gasteiger partial charge in [0.25, 0.3) is 0 Å². The minimum atomic E-state index is -0.600. The van der Waals surface area contributed by atoms with Crippen molar-refractivity contribution in [2.45, 2.75) is 13.5 Å². The maximum absolute atomic E-state index is 13.5. The van der Waals surface area contributed by atoms with Crippen molar-refractivity contribution < 1.29 is 13.6 Å². The predicted octanol–water partition coefficient (Wildman–Crippen LogP) is 1.95. The maximum Gasteiger partial charge on any atom is 0.216 e. The second-order valence-corrected chi connectivity index (χ2v) is 4.34. The Balaban J connectivity index is 2.46. The van der Waals surface area contributed by atoms with E-state index in [1.165, 1.54) is 19.1 Å². The van der Waals surface area contributed by atoms with Gasteiger partial charge in [0.15, 0.2) is 0 Å². The molecule has 0 saturated carbocycles. The largest absolute Gasteiger partial charge is 0.355 e. The summed E-state index contributed by atoms with van der Waals surface area (Å²) in [5.41, 5.74) is -0.0119. The van der Waals surface area contributed by atoms with E-state index in [-0.39, 0.29) is 22.5 Å². The molecule has 0 unspecified atom stereocenters. The van der Waals surface area contributed by atoms with E-state index in [0.717, 1.165) is 0 Å². The van der Waals surface area contributed by atoms with Gasteiger partial charge in [-0.05, 0) is 28.1 Å². The number of halogens is 3. The molecule has 0 spiro atoms. The van der Waals surface area contributed by atoms with Crippen molar-refractivity contribution >= 4 is 21.8 Å². The van der Waals surface area contributed by atoms with Crippen LogP contribution in [0.4, 0.5) is 8.78 Å². The van der Waals surface area contributed by atoms with Gasteiger partial charge in [-0.2, -0.15) is 0 Å². The predicted molar refractivity (Wildman–Crippen MR) is 64.4 cm³/mol. The van der Waals surface area contributed by atoms with E-state index in [0.29, 0.717) is 13.1 Å². The molecule has 0 radical (unpaired) electrons. The van der Waals surface area contributed by atoms with E-state index in [9.17, 15) is 13.6 Å². The summed E-state index contributed by atoms with van der Waals surface area (Å²) in [5.74, 6) is -1.32. The van der Waals surface area contributed by atoms with Crippen LogP contribution in [0.1, 0.15) is 12.5 Å². The summed E-state index contributed by atoms with van der Waals surface area (Å²) in [7, 11) is 0. The number of hydrogen-bond acceptors (Lipinski definition) is 2. The van der Waals surface area contributed by atoms with Crippen LogP contribution in [0.3, 0.4) is 0 Å². The summed E-state index contributed by atoms with van der Waals surface area (Å²) in [6.07, 6.45) is 0. The zero-order valence-electron chi connectivity index (χ0n) is 9.32. The van der Waals surface area contributed by atoms with Gasteiger partial charge in [-0.3, -0.25) is 4.79 Å². The van der Waals surface area contributed by atoms with E-state index in [1.54, 1.807) is 0 Å². The van der Waals surface area contributed by atoms with Crippen LogP contribution in [-0.2, 0) is 11.3 Å². The number of rotatable bonds is 5. The van der Waals surface area contributed by atoms with Crippen LogP contribution in [0.15, 0.2) is 16.6 Å². The van der Waals surface area contributed by atoms with Crippen molar-refractivity contribution in [3.63, 3.8) is 0 Å². The normalized spacial score (nSPS) is 10.4. The topological polar surface area (TPSA) is 41.1 Å². The maximum atomic E-state index is 13.5. The third-order valence-electron chi connectivity index (χ3n) is 2.12. The molecule has 1 aromatic carbocycles. The van der Waals surface area contributed by atoms with Crippen molar-refractivity contribution in [3.8, 4) is 0 Å². The summed E-state index contributed by atoms with van der Waals surface area (Å²) in [4.78, 5) is 10.6. The number of hydrogen-bond donors (Lipinski definition) is 2. The van der Waals surface area contributed by atoms with Crippen molar-refractivity contribution in [1.29, 1.82) is 0 Å². The second-order valence-electron chi connectivity index (χ2n) is 3.48. The third kappa shape index (κ3) is 4.40. The van der Waals surface area contributed by atoms with E-state index in [1.807, 2.05) is 0 Å². The van der Waals surface area contributed by atoms with Crippen LogP contribution in [0.5, 0.6) is 0 Å². The first-order valence-corrected chi connectivity index (χ1v) is 5.89. The molecular weight excluding hydrogens is 294 g/mol. The Bertz CT molecular complexity index is 413. The molecule has 1 amide bonds. The van der Waals surface area contributed by atoms with Gasteiger partial charge in [0, 0.05) is 32.1 Å².